The first-order valence-corrected chi connectivity index (χ1v) is 7.42. The number of hydrogen-bond acceptors (Lipinski definition) is 4. The third kappa shape index (κ3) is 5.47. The van der Waals surface area contributed by atoms with E-state index in [9.17, 15) is 14.4 Å². The Hall–Kier alpha value is -2.02. The molecule has 0 unspecified atom stereocenters. The van der Waals surface area contributed by atoms with Crippen LogP contribution in [-0.4, -0.2) is 29.6 Å². The van der Waals surface area contributed by atoms with Gasteiger partial charge >= 0.3 is 0 Å². The van der Waals surface area contributed by atoms with Crippen LogP contribution in [-0.2, 0) is 4.79 Å². The molecule has 0 aliphatic heterocycles. The average Bonchev–Trinajstić information content (AvgIpc) is 2.45. The first-order chi connectivity index (χ1) is 9.95. The van der Waals surface area contributed by atoms with E-state index in [-0.39, 0.29) is 5.24 Å². The minimum Gasteiger partial charge on any atom is -0.368 e. The van der Waals surface area contributed by atoms with Gasteiger partial charge in [-0.15, -0.1) is 0 Å². The van der Waals surface area contributed by atoms with Crippen molar-refractivity contribution in [1.82, 2.24) is 10.6 Å². The fourth-order valence-electron chi connectivity index (χ4n) is 1.45. The SMILES string of the molecule is CCCNC(=O)Sc1ccccc1C(=O)N[C@H](C)C(N)=O. The Morgan fingerprint density at radius 1 is 1.29 bits per heavy atom. The molecule has 1 aromatic rings. The molecule has 3 amide bonds. The summed E-state index contributed by atoms with van der Waals surface area (Å²) in [5.74, 6) is -1.05. The second-order valence-corrected chi connectivity index (χ2v) is 5.42. The van der Waals surface area contributed by atoms with E-state index in [2.05, 4.69) is 10.6 Å². The molecule has 21 heavy (non-hydrogen) atoms. The van der Waals surface area contributed by atoms with Crippen LogP contribution in [0.4, 0.5) is 4.79 Å². The number of rotatable bonds is 6. The van der Waals surface area contributed by atoms with E-state index in [1.807, 2.05) is 6.92 Å². The van der Waals surface area contributed by atoms with Crippen LogP contribution in [0.5, 0.6) is 0 Å². The van der Waals surface area contributed by atoms with E-state index in [1.54, 1.807) is 24.3 Å². The first kappa shape index (κ1) is 17.0. The largest absolute Gasteiger partial charge is 0.368 e. The predicted octanol–water partition coefficient (Wildman–Crippen LogP) is 1.50. The van der Waals surface area contributed by atoms with Crippen LogP contribution < -0.4 is 16.4 Å². The number of thioether (sulfide) groups is 1. The zero-order valence-electron chi connectivity index (χ0n) is 12.0. The number of hydrogen-bond donors (Lipinski definition) is 3. The molecule has 6 nitrogen and oxygen atoms in total. The standard InChI is InChI=1S/C14H19N3O3S/c1-3-8-16-14(20)21-11-7-5-4-6-10(11)13(19)17-9(2)12(15)18/h4-7,9H,3,8H2,1-2H3,(H2,15,18)(H,16,20)(H,17,19)/t9-/m1/s1. The molecule has 0 aliphatic rings. The Bertz CT molecular complexity index is 534. The number of carbonyl (C=O) groups excluding carboxylic acids is 3. The van der Waals surface area contributed by atoms with Crippen molar-refractivity contribution >= 4 is 28.8 Å². The Balaban J connectivity index is 2.81. The van der Waals surface area contributed by atoms with Crippen molar-refractivity contribution in [1.29, 1.82) is 0 Å². The highest BCUT2D eigenvalue weighted by molar-refractivity contribution is 8.13. The molecule has 1 rings (SSSR count). The van der Waals surface area contributed by atoms with Gasteiger partial charge in [-0.1, -0.05) is 19.1 Å². The lowest BCUT2D eigenvalue weighted by atomic mass is 10.2. The maximum atomic E-state index is 12.1. The molecule has 7 heteroatoms. The lowest BCUT2D eigenvalue weighted by Gasteiger charge is -2.12. The van der Waals surface area contributed by atoms with Crippen LogP contribution in [0.2, 0.25) is 0 Å². The monoisotopic (exact) mass is 309 g/mol. The quantitative estimate of drug-likeness (QED) is 0.693. The summed E-state index contributed by atoms with van der Waals surface area (Å²) in [5.41, 5.74) is 5.45. The smallest absolute Gasteiger partial charge is 0.283 e. The molecule has 0 heterocycles. The lowest BCUT2D eigenvalue weighted by Crippen LogP contribution is -2.42. The fourth-order valence-corrected chi connectivity index (χ4v) is 2.24. The van der Waals surface area contributed by atoms with E-state index in [0.29, 0.717) is 17.0 Å². The second-order valence-electron chi connectivity index (χ2n) is 4.41. The third-order valence-corrected chi connectivity index (χ3v) is 3.53. The molecule has 0 bridgehead atoms. The molecule has 0 aromatic heterocycles. The number of carbonyl (C=O) groups is 3. The Labute approximate surface area is 127 Å². The maximum Gasteiger partial charge on any atom is 0.283 e. The van der Waals surface area contributed by atoms with E-state index in [0.717, 1.165) is 18.2 Å². The molecule has 0 spiro atoms. The lowest BCUT2D eigenvalue weighted by molar-refractivity contribution is -0.119. The van der Waals surface area contributed by atoms with Gasteiger partial charge in [-0.05, 0) is 37.2 Å². The number of benzene rings is 1. The summed E-state index contributed by atoms with van der Waals surface area (Å²) in [6.45, 7) is 4.04. The van der Waals surface area contributed by atoms with Crippen LogP contribution in [0.1, 0.15) is 30.6 Å². The molecule has 1 aromatic carbocycles. The summed E-state index contributed by atoms with van der Waals surface area (Å²) in [6, 6.07) is 5.93. The number of amides is 3. The predicted molar refractivity (Wildman–Crippen MR) is 82.1 cm³/mol. The summed E-state index contributed by atoms with van der Waals surface area (Å²) < 4.78 is 0. The molecule has 0 radical (unpaired) electrons. The van der Waals surface area contributed by atoms with Crippen LogP contribution in [0, 0.1) is 0 Å². The third-order valence-electron chi connectivity index (χ3n) is 2.63. The zero-order chi connectivity index (χ0) is 15.8. The molecule has 1 atom stereocenters. The summed E-state index contributed by atoms with van der Waals surface area (Å²) in [5, 5.41) is 5.00. The first-order valence-electron chi connectivity index (χ1n) is 6.60. The van der Waals surface area contributed by atoms with E-state index in [4.69, 9.17) is 5.73 Å². The Morgan fingerprint density at radius 2 is 1.95 bits per heavy atom. The molecule has 0 saturated carbocycles. The van der Waals surface area contributed by atoms with Gasteiger partial charge in [0.15, 0.2) is 0 Å². The Kier molecular flexibility index (Phi) is 6.74. The highest BCUT2D eigenvalue weighted by Crippen LogP contribution is 2.23. The molecule has 0 saturated heterocycles. The van der Waals surface area contributed by atoms with Crippen molar-refractivity contribution in [2.45, 2.75) is 31.2 Å². The molecule has 4 N–H and O–H groups in total. The van der Waals surface area contributed by atoms with Crippen LogP contribution >= 0.6 is 11.8 Å². The van der Waals surface area contributed by atoms with E-state index < -0.39 is 17.9 Å². The fraction of sp³-hybridized carbons (Fsp3) is 0.357. The van der Waals surface area contributed by atoms with Crippen molar-refractivity contribution in [3.05, 3.63) is 29.8 Å². The number of primary amides is 1. The van der Waals surface area contributed by atoms with Crippen LogP contribution in [0.3, 0.4) is 0 Å². The van der Waals surface area contributed by atoms with Crippen molar-refractivity contribution in [3.63, 3.8) is 0 Å². The Morgan fingerprint density at radius 3 is 2.57 bits per heavy atom. The average molecular weight is 309 g/mol. The molecular formula is C14H19N3O3S. The summed E-state index contributed by atoms with van der Waals surface area (Å²) in [6.07, 6.45) is 0.838. The zero-order valence-corrected chi connectivity index (χ0v) is 12.8. The number of nitrogens with two attached hydrogens (primary N) is 1. The van der Waals surface area contributed by atoms with Gasteiger partial charge in [0.2, 0.25) is 5.91 Å². The summed E-state index contributed by atoms with van der Waals surface area (Å²) in [7, 11) is 0. The van der Waals surface area contributed by atoms with Crippen LogP contribution in [0.15, 0.2) is 29.2 Å². The van der Waals surface area contributed by atoms with Crippen molar-refractivity contribution in [2.24, 2.45) is 5.73 Å². The van der Waals surface area contributed by atoms with Gasteiger partial charge < -0.3 is 16.4 Å². The highest BCUT2D eigenvalue weighted by atomic mass is 32.2. The van der Waals surface area contributed by atoms with Gasteiger partial charge in [0.1, 0.15) is 6.04 Å². The highest BCUT2D eigenvalue weighted by Gasteiger charge is 2.17. The van der Waals surface area contributed by atoms with Gasteiger partial charge in [-0.2, -0.15) is 0 Å². The van der Waals surface area contributed by atoms with Gasteiger partial charge in [-0.25, -0.2) is 0 Å². The normalized spacial score (nSPS) is 11.5. The minimum absolute atomic E-state index is 0.222. The van der Waals surface area contributed by atoms with E-state index in [1.165, 1.54) is 6.92 Å². The summed E-state index contributed by atoms with van der Waals surface area (Å²) >= 11 is 0.947. The maximum absolute atomic E-state index is 12.1. The van der Waals surface area contributed by atoms with Gasteiger partial charge in [0, 0.05) is 11.4 Å². The van der Waals surface area contributed by atoms with Crippen molar-refractivity contribution < 1.29 is 14.4 Å². The van der Waals surface area contributed by atoms with Gasteiger partial charge in [-0.3, -0.25) is 14.4 Å². The van der Waals surface area contributed by atoms with Crippen molar-refractivity contribution in [2.75, 3.05) is 6.54 Å². The number of nitrogens with one attached hydrogen (secondary N) is 2. The van der Waals surface area contributed by atoms with E-state index >= 15 is 0 Å². The topological polar surface area (TPSA) is 101 Å². The minimum atomic E-state index is -0.774. The molecule has 114 valence electrons. The van der Waals surface area contributed by atoms with Gasteiger partial charge in [0.25, 0.3) is 11.1 Å². The second kappa shape index (κ2) is 8.31. The van der Waals surface area contributed by atoms with Crippen LogP contribution in [0.25, 0.3) is 0 Å². The molecule has 0 aliphatic carbocycles. The molecular weight excluding hydrogens is 290 g/mol. The summed E-state index contributed by atoms with van der Waals surface area (Å²) in [4.78, 5) is 35.3. The molecule has 0 fully saturated rings. The van der Waals surface area contributed by atoms with Crippen molar-refractivity contribution in [3.8, 4) is 0 Å². The van der Waals surface area contributed by atoms with Gasteiger partial charge in [0.05, 0.1) is 5.56 Å².